The van der Waals surface area contributed by atoms with Crippen LogP contribution in [-0.2, 0) is 9.53 Å². The Morgan fingerprint density at radius 3 is 2.62 bits per heavy atom. The van der Waals surface area contributed by atoms with E-state index in [1.165, 1.54) is 0 Å². The van der Waals surface area contributed by atoms with E-state index < -0.39 is 11.5 Å². The monoisotopic (exact) mass is 187 g/mol. The van der Waals surface area contributed by atoms with Crippen LogP contribution in [0.2, 0.25) is 0 Å². The van der Waals surface area contributed by atoms with Crippen molar-refractivity contribution < 1.29 is 14.6 Å². The Bertz CT molecular complexity index is 185. The second-order valence-corrected chi connectivity index (χ2v) is 3.96. The van der Waals surface area contributed by atoms with Crippen molar-refractivity contribution in [3.63, 3.8) is 0 Å². The fourth-order valence-corrected chi connectivity index (χ4v) is 1.83. The van der Waals surface area contributed by atoms with Crippen molar-refractivity contribution in [2.24, 2.45) is 11.7 Å². The minimum Gasteiger partial charge on any atom is -0.481 e. The summed E-state index contributed by atoms with van der Waals surface area (Å²) in [6.45, 7) is 3.23. The van der Waals surface area contributed by atoms with Gasteiger partial charge in [-0.1, -0.05) is 0 Å². The van der Waals surface area contributed by atoms with E-state index in [2.05, 4.69) is 0 Å². The van der Waals surface area contributed by atoms with Gasteiger partial charge in [-0.25, -0.2) is 0 Å². The van der Waals surface area contributed by atoms with E-state index in [1.54, 1.807) is 0 Å². The fraction of sp³-hybridized carbons (Fsp3) is 0.889. The molecule has 1 fully saturated rings. The lowest BCUT2D eigenvalue weighted by atomic mass is 9.79. The second-order valence-electron chi connectivity index (χ2n) is 3.96. The van der Waals surface area contributed by atoms with E-state index in [9.17, 15) is 4.79 Å². The summed E-state index contributed by atoms with van der Waals surface area (Å²) in [5.41, 5.74) is 5.37. The molecule has 0 spiro atoms. The van der Waals surface area contributed by atoms with Gasteiger partial charge in [-0.2, -0.15) is 0 Å². The lowest BCUT2D eigenvalue weighted by Gasteiger charge is -2.35. The molecule has 13 heavy (non-hydrogen) atoms. The number of aliphatic carboxylic acids is 1. The second kappa shape index (κ2) is 4.07. The van der Waals surface area contributed by atoms with Gasteiger partial charge in [0.05, 0.1) is 6.42 Å². The highest BCUT2D eigenvalue weighted by Crippen LogP contribution is 2.27. The first-order valence-electron chi connectivity index (χ1n) is 4.61. The smallest absolute Gasteiger partial charge is 0.305 e. The third kappa shape index (κ3) is 2.97. The average Bonchev–Trinajstić information content (AvgIpc) is 2.04. The maximum atomic E-state index is 10.5. The first kappa shape index (κ1) is 10.5. The van der Waals surface area contributed by atoms with Gasteiger partial charge in [0.25, 0.3) is 0 Å². The lowest BCUT2D eigenvalue weighted by molar-refractivity contribution is -0.139. The molecular formula is C9H17NO3. The van der Waals surface area contributed by atoms with Gasteiger partial charge in [0.15, 0.2) is 0 Å². The van der Waals surface area contributed by atoms with Crippen LogP contribution in [-0.4, -0.2) is 29.8 Å². The average molecular weight is 187 g/mol. The molecule has 1 saturated heterocycles. The summed E-state index contributed by atoms with van der Waals surface area (Å²) >= 11 is 0. The number of hydrogen-bond acceptors (Lipinski definition) is 3. The van der Waals surface area contributed by atoms with E-state index >= 15 is 0 Å². The Labute approximate surface area is 78.1 Å². The molecule has 0 amide bonds. The van der Waals surface area contributed by atoms with Crippen LogP contribution in [0, 0.1) is 5.92 Å². The van der Waals surface area contributed by atoms with Gasteiger partial charge in [-0.3, -0.25) is 4.79 Å². The van der Waals surface area contributed by atoms with Crippen molar-refractivity contribution in [2.75, 3.05) is 13.2 Å². The third-order valence-electron chi connectivity index (χ3n) is 2.69. The van der Waals surface area contributed by atoms with Gasteiger partial charge in [-0.05, 0) is 25.7 Å². The molecule has 1 atom stereocenters. The predicted octanol–water partition coefficient (Wildman–Crippen LogP) is 0.605. The summed E-state index contributed by atoms with van der Waals surface area (Å²) in [4.78, 5) is 10.5. The summed E-state index contributed by atoms with van der Waals surface area (Å²) in [5, 5.41) is 8.67. The van der Waals surface area contributed by atoms with E-state index in [4.69, 9.17) is 15.6 Å². The Morgan fingerprint density at radius 2 is 2.15 bits per heavy atom. The van der Waals surface area contributed by atoms with Crippen LogP contribution in [0.4, 0.5) is 0 Å². The van der Waals surface area contributed by atoms with Gasteiger partial charge in [0, 0.05) is 18.8 Å². The van der Waals surface area contributed by atoms with Crippen LogP contribution < -0.4 is 5.73 Å². The third-order valence-corrected chi connectivity index (χ3v) is 2.69. The van der Waals surface area contributed by atoms with E-state index in [0.717, 1.165) is 12.8 Å². The number of carbonyl (C=O) groups is 1. The Hall–Kier alpha value is -0.610. The SMILES string of the molecule is CC(N)(CC(=O)O)C1CCOCC1. The molecule has 0 bridgehead atoms. The minimum atomic E-state index is -0.823. The number of carboxylic acid groups (broad SMARTS) is 1. The van der Waals surface area contributed by atoms with Crippen LogP contribution in [0.1, 0.15) is 26.2 Å². The first-order valence-corrected chi connectivity index (χ1v) is 4.61. The van der Waals surface area contributed by atoms with Gasteiger partial charge in [0.1, 0.15) is 0 Å². The molecule has 1 aliphatic heterocycles. The number of ether oxygens (including phenoxy) is 1. The standard InChI is InChI=1S/C9H17NO3/c1-9(10,6-8(11)12)7-2-4-13-5-3-7/h7H,2-6,10H2,1H3,(H,11,12). The molecule has 3 N–H and O–H groups in total. The molecule has 1 rings (SSSR count). The Morgan fingerprint density at radius 1 is 1.62 bits per heavy atom. The van der Waals surface area contributed by atoms with Crippen molar-refractivity contribution in [3.05, 3.63) is 0 Å². The maximum Gasteiger partial charge on any atom is 0.305 e. The zero-order valence-corrected chi connectivity index (χ0v) is 7.95. The predicted molar refractivity (Wildman–Crippen MR) is 48.4 cm³/mol. The highest BCUT2D eigenvalue weighted by Gasteiger charge is 2.33. The summed E-state index contributed by atoms with van der Waals surface area (Å²) in [7, 11) is 0. The first-order chi connectivity index (χ1) is 6.02. The highest BCUT2D eigenvalue weighted by atomic mass is 16.5. The van der Waals surface area contributed by atoms with Crippen molar-refractivity contribution in [2.45, 2.75) is 31.7 Å². The van der Waals surface area contributed by atoms with Crippen LogP contribution >= 0.6 is 0 Å². The van der Waals surface area contributed by atoms with Crippen molar-refractivity contribution >= 4 is 5.97 Å². The number of hydrogen-bond donors (Lipinski definition) is 2. The highest BCUT2D eigenvalue weighted by molar-refractivity contribution is 5.68. The molecule has 0 radical (unpaired) electrons. The van der Waals surface area contributed by atoms with Gasteiger partial charge in [0.2, 0.25) is 0 Å². The lowest BCUT2D eigenvalue weighted by Crippen LogP contribution is -2.48. The minimum absolute atomic E-state index is 0.0394. The van der Waals surface area contributed by atoms with Crippen molar-refractivity contribution in [1.82, 2.24) is 0 Å². The summed E-state index contributed by atoms with van der Waals surface area (Å²) < 4.78 is 5.20. The van der Waals surface area contributed by atoms with Crippen molar-refractivity contribution in [3.8, 4) is 0 Å². The normalized spacial score (nSPS) is 23.8. The molecule has 0 aromatic heterocycles. The molecule has 76 valence electrons. The largest absolute Gasteiger partial charge is 0.481 e. The van der Waals surface area contributed by atoms with Gasteiger partial charge >= 0.3 is 5.97 Å². The molecule has 0 aromatic carbocycles. The maximum absolute atomic E-state index is 10.5. The topological polar surface area (TPSA) is 72.6 Å². The molecule has 0 aromatic rings. The molecular weight excluding hydrogens is 170 g/mol. The Balaban J connectivity index is 2.50. The molecule has 4 heteroatoms. The summed E-state index contributed by atoms with van der Waals surface area (Å²) in [6, 6.07) is 0. The van der Waals surface area contributed by atoms with Gasteiger partial charge in [-0.15, -0.1) is 0 Å². The zero-order valence-electron chi connectivity index (χ0n) is 7.95. The molecule has 0 aliphatic carbocycles. The number of rotatable bonds is 3. The molecule has 1 aliphatic rings. The van der Waals surface area contributed by atoms with E-state index in [1.807, 2.05) is 6.92 Å². The Kier molecular flexibility index (Phi) is 3.27. The molecule has 4 nitrogen and oxygen atoms in total. The number of carboxylic acids is 1. The molecule has 1 heterocycles. The quantitative estimate of drug-likeness (QED) is 0.678. The molecule has 0 saturated carbocycles. The van der Waals surface area contributed by atoms with E-state index in [-0.39, 0.29) is 12.3 Å². The van der Waals surface area contributed by atoms with Crippen LogP contribution in [0.15, 0.2) is 0 Å². The fourth-order valence-electron chi connectivity index (χ4n) is 1.83. The zero-order chi connectivity index (χ0) is 9.90. The van der Waals surface area contributed by atoms with Crippen LogP contribution in [0.25, 0.3) is 0 Å². The van der Waals surface area contributed by atoms with Crippen LogP contribution in [0.3, 0.4) is 0 Å². The van der Waals surface area contributed by atoms with Crippen LogP contribution in [0.5, 0.6) is 0 Å². The van der Waals surface area contributed by atoms with Crippen molar-refractivity contribution in [1.29, 1.82) is 0 Å². The van der Waals surface area contributed by atoms with E-state index in [0.29, 0.717) is 13.2 Å². The summed E-state index contributed by atoms with van der Waals surface area (Å²) in [6.07, 6.45) is 1.79. The summed E-state index contributed by atoms with van der Waals surface area (Å²) in [5.74, 6) is -0.547. The van der Waals surface area contributed by atoms with Gasteiger partial charge < -0.3 is 15.6 Å². The number of nitrogens with two attached hydrogens (primary N) is 1. The molecule has 1 unspecified atom stereocenters.